The SMILES string of the molecule is COc1ccc(/C=C2\S/C(=N/S(=O)(=O)c3ccc(C)cc3)NC2=O)cc1. The van der Waals surface area contributed by atoms with E-state index in [9.17, 15) is 13.2 Å². The average Bonchev–Trinajstić information content (AvgIpc) is 2.94. The number of benzene rings is 2. The van der Waals surface area contributed by atoms with Gasteiger partial charge in [-0.15, -0.1) is 4.40 Å². The first-order chi connectivity index (χ1) is 12.4. The number of rotatable bonds is 4. The number of nitrogens with zero attached hydrogens (tertiary/aromatic N) is 1. The van der Waals surface area contributed by atoms with Crippen LogP contribution in [-0.2, 0) is 14.8 Å². The van der Waals surface area contributed by atoms with Gasteiger partial charge in [-0.1, -0.05) is 29.8 Å². The first kappa shape index (κ1) is 18.2. The Bertz CT molecular complexity index is 992. The zero-order valence-electron chi connectivity index (χ0n) is 14.1. The molecule has 1 saturated heterocycles. The Morgan fingerprint density at radius 3 is 2.35 bits per heavy atom. The normalized spacial score (nSPS) is 17.5. The number of hydrogen-bond donors (Lipinski definition) is 1. The summed E-state index contributed by atoms with van der Waals surface area (Å²) in [7, 11) is -2.31. The molecule has 2 aromatic carbocycles. The van der Waals surface area contributed by atoms with Crippen LogP contribution in [0.1, 0.15) is 11.1 Å². The van der Waals surface area contributed by atoms with Crippen molar-refractivity contribution in [2.75, 3.05) is 7.11 Å². The third kappa shape index (κ3) is 4.14. The van der Waals surface area contributed by atoms with Gasteiger partial charge in [0.25, 0.3) is 15.9 Å². The minimum absolute atomic E-state index is 0.0373. The summed E-state index contributed by atoms with van der Waals surface area (Å²) in [5.74, 6) is 0.325. The van der Waals surface area contributed by atoms with Gasteiger partial charge < -0.3 is 4.74 Å². The highest BCUT2D eigenvalue weighted by Gasteiger charge is 2.26. The Morgan fingerprint density at radius 1 is 1.08 bits per heavy atom. The van der Waals surface area contributed by atoms with Gasteiger partial charge in [0.15, 0.2) is 5.17 Å². The van der Waals surface area contributed by atoms with E-state index in [0.29, 0.717) is 10.7 Å². The highest BCUT2D eigenvalue weighted by molar-refractivity contribution is 8.19. The Balaban J connectivity index is 1.83. The zero-order valence-corrected chi connectivity index (χ0v) is 15.7. The number of carbonyl (C=O) groups excluding carboxylic acids is 1. The minimum atomic E-state index is -3.88. The molecule has 2 aromatic rings. The molecule has 1 fully saturated rings. The van der Waals surface area contributed by atoms with Crippen LogP contribution >= 0.6 is 11.8 Å². The van der Waals surface area contributed by atoms with E-state index in [0.717, 1.165) is 22.9 Å². The van der Waals surface area contributed by atoms with Crippen LogP contribution in [0.2, 0.25) is 0 Å². The highest BCUT2D eigenvalue weighted by Crippen LogP contribution is 2.28. The second-order valence-corrected chi connectivity index (χ2v) is 8.16. The second-order valence-electron chi connectivity index (χ2n) is 5.52. The van der Waals surface area contributed by atoms with E-state index in [2.05, 4.69) is 9.71 Å². The van der Waals surface area contributed by atoms with Gasteiger partial charge in [-0.3, -0.25) is 10.1 Å². The minimum Gasteiger partial charge on any atom is -0.497 e. The molecule has 0 aromatic heterocycles. The number of sulfonamides is 1. The summed E-state index contributed by atoms with van der Waals surface area (Å²) in [6.45, 7) is 1.87. The van der Waals surface area contributed by atoms with Gasteiger partial charge in [-0.25, -0.2) is 0 Å². The fourth-order valence-electron chi connectivity index (χ4n) is 2.19. The molecule has 0 saturated carbocycles. The predicted octanol–water partition coefficient (Wildman–Crippen LogP) is 2.95. The van der Waals surface area contributed by atoms with Crippen molar-refractivity contribution in [3.8, 4) is 5.75 Å². The lowest BCUT2D eigenvalue weighted by atomic mass is 10.2. The van der Waals surface area contributed by atoms with E-state index in [1.807, 2.05) is 6.92 Å². The first-order valence-electron chi connectivity index (χ1n) is 7.64. The molecule has 1 aliphatic rings. The fourth-order valence-corrected chi connectivity index (χ4v) is 4.18. The maximum atomic E-state index is 12.4. The summed E-state index contributed by atoms with van der Waals surface area (Å²) >= 11 is 0.988. The molecule has 6 nitrogen and oxygen atoms in total. The molecule has 0 spiro atoms. The van der Waals surface area contributed by atoms with Crippen molar-refractivity contribution in [1.29, 1.82) is 0 Å². The largest absolute Gasteiger partial charge is 0.497 e. The zero-order chi connectivity index (χ0) is 18.7. The number of aryl methyl sites for hydroxylation is 1. The summed E-state index contributed by atoms with van der Waals surface area (Å²) in [5, 5.41) is 2.52. The van der Waals surface area contributed by atoms with Crippen LogP contribution in [0.4, 0.5) is 0 Å². The van der Waals surface area contributed by atoms with Crippen LogP contribution in [0.15, 0.2) is 62.7 Å². The van der Waals surface area contributed by atoms with Gasteiger partial charge in [-0.2, -0.15) is 8.42 Å². The highest BCUT2D eigenvalue weighted by atomic mass is 32.2. The van der Waals surface area contributed by atoms with Crippen molar-refractivity contribution in [3.05, 3.63) is 64.6 Å². The molecule has 26 heavy (non-hydrogen) atoms. The summed E-state index contributed by atoms with van der Waals surface area (Å²) in [5.41, 5.74) is 1.75. The summed E-state index contributed by atoms with van der Waals surface area (Å²) < 4.78 is 33.5. The average molecular weight is 388 g/mol. The Labute approximate surface area is 156 Å². The van der Waals surface area contributed by atoms with Gasteiger partial charge in [0.2, 0.25) is 0 Å². The molecular weight excluding hydrogens is 372 g/mol. The predicted molar refractivity (Wildman–Crippen MR) is 103 cm³/mol. The van der Waals surface area contributed by atoms with E-state index in [-0.39, 0.29) is 16.0 Å². The topological polar surface area (TPSA) is 84.8 Å². The molecule has 1 heterocycles. The summed E-state index contributed by atoms with van der Waals surface area (Å²) in [6.07, 6.45) is 1.67. The molecule has 0 unspecified atom stereocenters. The number of methoxy groups -OCH3 is 1. The molecular formula is C18H16N2O4S2. The van der Waals surface area contributed by atoms with E-state index >= 15 is 0 Å². The Morgan fingerprint density at radius 2 is 1.73 bits per heavy atom. The summed E-state index contributed by atoms with van der Waals surface area (Å²) in [6, 6.07) is 13.5. The molecule has 1 aliphatic heterocycles. The molecule has 8 heteroatoms. The second kappa shape index (κ2) is 7.35. The number of amidine groups is 1. The van der Waals surface area contributed by atoms with Crippen molar-refractivity contribution >= 4 is 38.9 Å². The molecule has 134 valence electrons. The number of hydrogen-bond acceptors (Lipinski definition) is 5. The van der Waals surface area contributed by atoms with Crippen LogP contribution < -0.4 is 10.1 Å². The number of ether oxygens (including phenoxy) is 1. The first-order valence-corrected chi connectivity index (χ1v) is 9.90. The van der Waals surface area contributed by atoms with Crippen molar-refractivity contribution in [2.45, 2.75) is 11.8 Å². The quantitative estimate of drug-likeness (QED) is 0.814. The lowest BCUT2D eigenvalue weighted by molar-refractivity contribution is -0.115. The van der Waals surface area contributed by atoms with Crippen molar-refractivity contribution in [2.24, 2.45) is 4.40 Å². The van der Waals surface area contributed by atoms with Gasteiger partial charge in [0.1, 0.15) is 5.75 Å². The van der Waals surface area contributed by atoms with Crippen LogP contribution in [0.5, 0.6) is 5.75 Å². The van der Waals surface area contributed by atoms with Crippen LogP contribution in [0.25, 0.3) is 6.08 Å². The van der Waals surface area contributed by atoms with Gasteiger partial charge in [0.05, 0.1) is 16.9 Å². The van der Waals surface area contributed by atoms with Crippen LogP contribution in [0.3, 0.4) is 0 Å². The third-order valence-corrected chi connectivity index (χ3v) is 5.90. The molecule has 0 aliphatic carbocycles. The van der Waals surface area contributed by atoms with Crippen molar-refractivity contribution < 1.29 is 17.9 Å². The molecule has 0 radical (unpaired) electrons. The number of thioether (sulfide) groups is 1. The third-order valence-electron chi connectivity index (χ3n) is 3.59. The summed E-state index contributed by atoms with van der Waals surface area (Å²) in [4.78, 5) is 12.5. The van der Waals surface area contributed by atoms with Gasteiger partial charge in [-0.05, 0) is 54.6 Å². The molecule has 0 atom stereocenters. The molecule has 3 rings (SSSR count). The number of carbonyl (C=O) groups is 1. The number of amides is 1. The Hall–Kier alpha value is -2.58. The molecule has 1 N–H and O–H groups in total. The van der Waals surface area contributed by atoms with Crippen LogP contribution in [0, 0.1) is 6.92 Å². The van der Waals surface area contributed by atoms with E-state index in [1.165, 1.54) is 12.1 Å². The molecule has 1 amide bonds. The van der Waals surface area contributed by atoms with Crippen molar-refractivity contribution in [1.82, 2.24) is 5.32 Å². The monoisotopic (exact) mass is 388 g/mol. The Kier molecular flexibility index (Phi) is 5.15. The fraction of sp³-hybridized carbons (Fsp3) is 0.111. The van der Waals surface area contributed by atoms with E-state index in [1.54, 1.807) is 49.6 Å². The lowest BCUT2D eigenvalue weighted by Gasteiger charge is -2.00. The van der Waals surface area contributed by atoms with Gasteiger partial charge in [0, 0.05) is 0 Å². The standard InChI is InChI=1S/C18H16N2O4S2/c1-12-3-9-15(10-4-12)26(22,23)20-18-19-17(21)16(25-18)11-13-5-7-14(24-2)8-6-13/h3-11H,1-2H3,(H,19,20,21)/b16-11-. The number of nitrogens with one attached hydrogen (secondary N) is 1. The van der Waals surface area contributed by atoms with Crippen molar-refractivity contribution in [3.63, 3.8) is 0 Å². The smallest absolute Gasteiger partial charge is 0.284 e. The van der Waals surface area contributed by atoms with E-state index in [4.69, 9.17) is 4.74 Å². The maximum absolute atomic E-state index is 12.4. The van der Waals surface area contributed by atoms with Gasteiger partial charge >= 0.3 is 0 Å². The van der Waals surface area contributed by atoms with E-state index < -0.39 is 10.0 Å². The molecule has 0 bridgehead atoms. The maximum Gasteiger partial charge on any atom is 0.284 e. The van der Waals surface area contributed by atoms with Crippen LogP contribution in [-0.4, -0.2) is 26.6 Å². The lowest BCUT2D eigenvalue weighted by Crippen LogP contribution is -2.20.